The molecular formula is C12H14N4O4. The highest BCUT2D eigenvalue weighted by Gasteiger charge is 2.21. The van der Waals surface area contributed by atoms with Crippen LogP contribution in [-0.2, 0) is 6.54 Å². The lowest BCUT2D eigenvalue weighted by atomic mass is 10.1. The molecule has 0 unspecified atom stereocenters. The normalized spacial score (nSPS) is 10.5. The number of benzene rings is 1. The molecule has 2 aromatic rings. The van der Waals surface area contributed by atoms with Crippen molar-refractivity contribution in [2.75, 3.05) is 19.5 Å². The number of anilines is 1. The molecule has 20 heavy (non-hydrogen) atoms. The van der Waals surface area contributed by atoms with Crippen LogP contribution in [0.15, 0.2) is 18.2 Å². The number of nitrogen functional groups attached to an aromatic ring is 1. The van der Waals surface area contributed by atoms with Gasteiger partial charge in [-0.25, -0.2) is 9.48 Å². The first-order valence-electron chi connectivity index (χ1n) is 5.80. The summed E-state index contributed by atoms with van der Waals surface area (Å²) in [5.41, 5.74) is 6.83. The SMILES string of the molecule is COc1ccc(-c2c(C(=O)O)nnn2CCO)cc1N. The van der Waals surface area contributed by atoms with Crippen LogP contribution in [0.5, 0.6) is 5.75 Å². The Hall–Kier alpha value is -2.61. The quantitative estimate of drug-likeness (QED) is 0.668. The number of rotatable bonds is 5. The minimum absolute atomic E-state index is 0.140. The van der Waals surface area contributed by atoms with E-state index in [-0.39, 0.29) is 18.8 Å². The number of carboxylic acids is 1. The fourth-order valence-electron chi connectivity index (χ4n) is 1.88. The molecule has 1 heterocycles. The van der Waals surface area contributed by atoms with Gasteiger partial charge in [0.05, 0.1) is 25.9 Å². The number of hydrogen-bond donors (Lipinski definition) is 3. The van der Waals surface area contributed by atoms with E-state index in [1.165, 1.54) is 11.8 Å². The summed E-state index contributed by atoms with van der Waals surface area (Å²) in [6.45, 7) is -0.0391. The highest BCUT2D eigenvalue weighted by atomic mass is 16.5. The Labute approximate surface area is 114 Å². The van der Waals surface area contributed by atoms with Crippen molar-refractivity contribution in [1.29, 1.82) is 0 Å². The summed E-state index contributed by atoms with van der Waals surface area (Å²) in [4.78, 5) is 11.2. The van der Waals surface area contributed by atoms with E-state index in [0.29, 0.717) is 22.7 Å². The molecule has 1 aromatic heterocycles. The molecule has 0 saturated carbocycles. The molecule has 0 bridgehead atoms. The van der Waals surface area contributed by atoms with Gasteiger partial charge in [-0.2, -0.15) is 0 Å². The highest BCUT2D eigenvalue weighted by Crippen LogP contribution is 2.29. The fraction of sp³-hybridized carbons (Fsp3) is 0.250. The van der Waals surface area contributed by atoms with Crippen molar-refractivity contribution in [3.8, 4) is 17.0 Å². The van der Waals surface area contributed by atoms with Gasteiger partial charge in [0.1, 0.15) is 11.4 Å². The van der Waals surface area contributed by atoms with Crippen molar-refractivity contribution in [3.63, 3.8) is 0 Å². The van der Waals surface area contributed by atoms with Gasteiger partial charge in [0.15, 0.2) is 5.69 Å². The number of nitrogens with two attached hydrogens (primary N) is 1. The smallest absolute Gasteiger partial charge is 0.358 e. The fourth-order valence-corrected chi connectivity index (χ4v) is 1.88. The van der Waals surface area contributed by atoms with Crippen LogP contribution in [0.3, 0.4) is 0 Å². The zero-order chi connectivity index (χ0) is 14.7. The molecule has 4 N–H and O–H groups in total. The summed E-state index contributed by atoms with van der Waals surface area (Å²) < 4.78 is 6.38. The van der Waals surface area contributed by atoms with Crippen LogP contribution in [0.1, 0.15) is 10.5 Å². The van der Waals surface area contributed by atoms with E-state index in [1.54, 1.807) is 18.2 Å². The molecule has 0 saturated heterocycles. The predicted octanol–water partition coefficient (Wildman–Crippen LogP) is 0.226. The van der Waals surface area contributed by atoms with Crippen LogP contribution in [0.2, 0.25) is 0 Å². The third-order valence-corrected chi connectivity index (χ3v) is 2.75. The zero-order valence-electron chi connectivity index (χ0n) is 10.8. The number of aliphatic hydroxyl groups is 1. The molecule has 0 aliphatic rings. The van der Waals surface area contributed by atoms with Crippen molar-refractivity contribution in [1.82, 2.24) is 15.0 Å². The van der Waals surface area contributed by atoms with Gasteiger partial charge < -0.3 is 20.7 Å². The van der Waals surface area contributed by atoms with Gasteiger partial charge in [-0.15, -0.1) is 5.10 Å². The molecule has 0 atom stereocenters. The summed E-state index contributed by atoms with van der Waals surface area (Å²) in [6, 6.07) is 4.87. The van der Waals surface area contributed by atoms with Gasteiger partial charge >= 0.3 is 5.97 Å². The van der Waals surface area contributed by atoms with E-state index in [0.717, 1.165) is 0 Å². The van der Waals surface area contributed by atoms with E-state index in [1.807, 2.05) is 0 Å². The maximum atomic E-state index is 11.2. The summed E-state index contributed by atoms with van der Waals surface area (Å²) in [7, 11) is 1.49. The van der Waals surface area contributed by atoms with Gasteiger partial charge in [0, 0.05) is 5.56 Å². The number of hydrogen-bond acceptors (Lipinski definition) is 6. The van der Waals surface area contributed by atoms with Gasteiger partial charge in [0.25, 0.3) is 0 Å². The third-order valence-electron chi connectivity index (χ3n) is 2.75. The first kappa shape index (κ1) is 13.8. The van der Waals surface area contributed by atoms with Crippen molar-refractivity contribution < 1.29 is 19.7 Å². The Balaban J connectivity index is 2.57. The minimum atomic E-state index is -1.20. The molecule has 8 nitrogen and oxygen atoms in total. The molecule has 8 heteroatoms. The lowest BCUT2D eigenvalue weighted by Gasteiger charge is -2.09. The van der Waals surface area contributed by atoms with Crippen molar-refractivity contribution >= 4 is 11.7 Å². The molecule has 0 amide bonds. The highest BCUT2D eigenvalue weighted by molar-refractivity contribution is 5.93. The maximum Gasteiger partial charge on any atom is 0.358 e. The standard InChI is InChI=1S/C12H14N4O4/c1-20-9-3-2-7(6-8(9)13)11-10(12(18)19)14-15-16(11)4-5-17/h2-3,6,17H,4-5,13H2,1H3,(H,18,19). The second-order valence-corrected chi connectivity index (χ2v) is 4.00. The van der Waals surface area contributed by atoms with E-state index in [4.69, 9.17) is 20.7 Å². The Bertz CT molecular complexity index is 638. The average Bonchev–Trinajstić information content (AvgIpc) is 2.83. The number of aromatic carboxylic acids is 1. The number of methoxy groups -OCH3 is 1. The summed E-state index contributed by atoms with van der Waals surface area (Å²) in [5.74, 6) is -0.703. The van der Waals surface area contributed by atoms with E-state index in [2.05, 4.69) is 10.3 Å². The number of aromatic nitrogens is 3. The predicted molar refractivity (Wildman–Crippen MR) is 70.5 cm³/mol. The zero-order valence-corrected chi connectivity index (χ0v) is 10.8. The second kappa shape index (κ2) is 5.57. The van der Waals surface area contributed by atoms with E-state index in [9.17, 15) is 4.79 Å². The summed E-state index contributed by atoms with van der Waals surface area (Å²) >= 11 is 0. The lowest BCUT2D eigenvalue weighted by Crippen LogP contribution is -2.08. The van der Waals surface area contributed by atoms with E-state index < -0.39 is 5.97 Å². The van der Waals surface area contributed by atoms with Gasteiger partial charge in [-0.3, -0.25) is 0 Å². The number of ether oxygens (including phenoxy) is 1. The number of aliphatic hydroxyl groups excluding tert-OH is 1. The topological polar surface area (TPSA) is 123 Å². The molecule has 0 aliphatic heterocycles. The first-order chi connectivity index (χ1) is 9.58. The number of carboxylic acid groups (broad SMARTS) is 1. The van der Waals surface area contributed by atoms with Gasteiger partial charge in [-0.1, -0.05) is 5.21 Å². The van der Waals surface area contributed by atoms with E-state index >= 15 is 0 Å². The van der Waals surface area contributed by atoms with Crippen molar-refractivity contribution in [2.45, 2.75) is 6.54 Å². The van der Waals surface area contributed by atoms with Crippen LogP contribution in [-0.4, -0.2) is 44.9 Å². The largest absolute Gasteiger partial charge is 0.495 e. The summed E-state index contributed by atoms with van der Waals surface area (Å²) in [5, 5.41) is 25.5. The molecule has 0 radical (unpaired) electrons. The molecule has 0 aliphatic carbocycles. The Morgan fingerprint density at radius 2 is 2.25 bits per heavy atom. The third kappa shape index (κ3) is 2.41. The van der Waals surface area contributed by atoms with Gasteiger partial charge in [0.2, 0.25) is 0 Å². The van der Waals surface area contributed by atoms with Crippen LogP contribution in [0.25, 0.3) is 11.3 Å². The molecule has 106 valence electrons. The molecule has 0 spiro atoms. The number of nitrogens with zero attached hydrogens (tertiary/aromatic N) is 3. The monoisotopic (exact) mass is 278 g/mol. The van der Waals surface area contributed by atoms with Crippen LogP contribution < -0.4 is 10.5 Å². The van der Waals surface area contributed by atoms with Crippen molar-refractivity contribution in [2.24, 2.45) is 0 Å². The van der Waals surface area contributed by atoms with Gasteiger partial charge in [-0.05, 0) is 18.2 Å². The molecule has 2 rings (SSSR count). The molecular weight excluding hydrogens is 264 g/mol. The summed E-state index contributed by atoms with van der Waals surface area (Å²) in [6.07, 6.45) is 0. The Morgan fingerprint density at radius 3 is 2.80 bits per heavy atom. The maximum absolute atomic E-state index is 11.2. The van der Waals surface area contributed by atoms with Crippen LogP contribution in [0.4, 0.5) is 5.69 Å². The first-order valence-corrected chi connectivity index (χ1v) is 5.80. The Morgan fingerprint density at radius 1 is 1.50 bits per heavy atom. The average molecular weight is 278 g/mol. The van der Waals surface area contributed by atoms with Crippen molar-refractivity contribution in [3.05, 3.63) is 23.9 Å². The van der Waals surface area contributed by atoms with Crippen LogP contribution in [0, 0.1) is 0 Å². The molecule has 0 fully saturated rings. The second-order valence-electron chi connectivity index (χ2n) is 4.00. The lowest BCUT2D eigenvalue weighted by molar-refractivity contribution is 0.0691. The number of carbonyl (C=O) groups is 1. The van der Waals surface area contributed by atoms with Crippen LogP contribution >= 0.6 is 0 Å². The Kier molecular flexibility index (Phi) is 3.85. The minimum Gasteiger partial charge on any atom is -0.495 e. The molecule has 1 aromatic carbocycles.